The van der Waals surface area contributed by atoms with Crippen molar-refractivity contribution in [2.24, 2.45) is 7.05 Å². The van der Waals surface area contributed by atoms with Crippen LogP contribution in [0.2, 0.25) is 0 Å². The van der Waals surface area contributed by atoms with Crippen molar-refractivity contribution in [2.75, 3.05) is 0 Å². The second kappa shape index (κ2) is 5.88. The Morgan fingerprint density at radius 1 is 1.30 bits per heavy atom. The number of aliphatic hydroxyl groups is 1. The first-order valence-electron chi connectivity index (χ1n) is 5.85. The van der Waals surface area contributed by atoms with Crippen LogP contribution in [0.25, 0.3) is 0 Å². The molecule has 1 aromatic carbocycles. The van der Waals surface area contributed by atoms with Crippen LogP contribution in [-0.4, -0.2) is 20.2 Å². The van der Waals surface area contributed by atoms with Crippen molar-refractivity contribution in [3.05, 3.63) is 48.0 Å². The van der Waals surface area contributed by atoms with Gasteiger partial charge in [-0.15, -0.1) is 0 Å². The number of nitrogens with zero attached hydrogens (tertiary/aromatic N) is 2. The number of aryl methyl sites for hydroxylation is 1. The summed E-state index contributed by atoms with van der Waals surface area (Å²) in [7, 11) is 1.82. The molecule has 0 aliphatic carbocycles. The number of imidazole rings is 1. The number of hydrogen-bond donors (Lipinski definition) is 1. The molecule has 2 aromatic rings. The van der Waals surface area contributed by atoms with Crippen molar-refractivity contribution in [1.82, 2.24) is 9.55 Å². The van der Waals surface area contributed by atoms with E-state index in [4.69, 9.17) is 0 Å². The molecule has 0 saturated heterocycles. The molecule has 20 heavy (non-hydrogen) atoms. The molecule has 1 atom stereocenters. The molecule has 0 aliphatic heterocycles. The van der Waals surface area contributed by atoms with Crippen LogP contribution in [0.1, 0.15) is 17.5 Å². The van der Waals surface area contributed by atoms with E-state index in [-0.39, 0.29) is 16.7 Å². The van der Waals surface area contributed by atoms with Crippen molar-refractivity contribution in [3.8, 4) is 0 Å². The molecule has 3 nitrogen and oxygen atoms in total. The van der Waals surface area contributed by atoms with Gasteiger partial charge in [0.2, 0.25) is 0 Å². The van der Waals surface area contributed by atoms with Crippen molar-refractivity contribution >= 4 is 11.8 Å². The Labute approximate surface area is 118 Å². The van der Waals surface area contributed by atoms with E-state index in [1.807, 2.05) is 7.05 Å². The molecule has 2 rings (SSSR count). The maximum atomic E-state index is 12.2. The van der Waals surface area contributed by atoms with Crippen LogP contribution in [0.5, 0.6) is 0 Å². The molecular weight excluding hydrogens is 289 g/mol. The second-order valence-corrected chi connectivity index (χ2v) is 5.43. The highest BCUT2D eigenvalue weighted by molar-refractivity contribution is 8.00. The van der Waals surface area contributed by atoms with Crippen molar-refractivity contribution in [2.45, 2.75) is 22.9 Å². The summed E-state index contributed by atoms with van der Waals surface area (Å²) < 4.78 is 38.4. The lowest BCUT2D eigenvalue weighted by molar-refractivity contribution is -0.0328. The Morgan fingerprint density at radius 2 is 1.95 bits per heavy atom. The minimum atomic E-state index is -4.30. The van der Waals surface area contributed by atoms with Gasteiger partial charge in [0.1, 0.15) is 5.82 Å². The van der Waals surface area contributed by atoms with Gasteiger partial charge in [0.25, 0.3) is 0 Å². The molecule has 1 unspecified atom stereocenters. The fourth-order valence-corrected chi connectivity index (χ4v) is 2.32. The van der Waals surface area contributed by atoms with Crippen LogP contribution in [0.4, 0.5) is 13.2 Å². The largest absolute Gasteiger partial charge is 0.446 e. The molecule has 1 N–H and O–H groups in total. The first-order valence-corrected chi connectivity index (χ1v) is 6.67. The quantitative estimate of drug-likeness (QED) is 0.881. The fourth-order valence-electron chi connectivity index (χ4n) is 1.78. The molecule has 108 valence electrons. The summed E-state index contributed by atoms with van der Waals surface area (Å²) in [6.45, 7) is 0. The molecule has 7 heteroatoms. The van der Waals surface area contributed by atoms with Crippen LogP contribution >= 0.6 is 11.8 Å². The Bertz CT molecular complexity index is 566. The normalized spacial score (nSPS) is 13.4. The first-order chi connectivity index (χ1) is 9.35. The fraction of sp³-hybridized carbons (Fsp3) is 0.308. The van der Waals surface area contributed by atoms with Crippen LogP contribution in [-0.2, 0) is 13.5 Å². The molecule has 1 heterocycles. The number of thioether (sulfide) groups is 1. The van der Waals surface area contributed by atoms with Crippen LogP contribution in [0, 0.1) is 0 Å². The topological polar surface area (TPSA) is 38.0 Å². The third-order valence-electron chi connectivity index (χ3n) is 2.80. The Kier molecular flexibility index (Phi) is 4.39. The van der Waals surface area contributed by atoms with Gasteiger partial charge in [0.05, 0.1) is 6.10 Å². The first kappa shape index (κ1) is 14.9. The SMILES string of the molecule is Cn1ccnc1CC(O)c1ccc(SC(F)(F)F)cc1. The van der Waals surface area contributed by atoms with Crippen molar-refractivity contribution in [1.29, 1.82) is 0 Å². The summed E-state index contributed by atoms with van der Waals surface area (Å²) in [5, 5.41) is 10.1. The number of aliphatic hydroxyl groups excluding tert-OH is 1. The highest BCUT2D eigenvalue weighted by Gasteiger charge is 2.29. The monoisotopic (exact) mass is 302 g/mol. The third-order valence-corrected chi connectivity index (χ3v) is 3.53. The third kappa shape index (κ3) is 4.01. The van der Waals surface area contributed by atoms with Crippen LogP contribution < -0.4 is 0 Å². The molecular formula is C13H13F3N2OS. The Balaban J connectivity index is 2.04. The average molecular weight is 302 g/mol. The van der Waals surface area contributed by atoms with Crippen LogP contribution in [0.15, 0.2) is 41.6 Å². The molecule has 0 radical (unpaired) electrons. The molecule has 0 fully saturated rings. The highest BCUT2D eigenvalue weighted by atomic mass is 32.2. The van der Waals surface area contributed by atoms with Gasteiger partial charge in [-0.3, -0.25) is 0 Å². The van der Waals surface area contributed by atoms with Gasteiger partial charge < -0.3 is 9.67 Å². The predicted molar refractivity (Wildman–Crippen MR) is 70.2 cm³/mol. The summed E-state index contributed by atoms with van der Waals surface area (Å²) in [6.07, 6.45) is 2.92. The van der Waals surface area contributed by atoms with Gasteiger partial charge in [-0.2, -0.15) is 13.2 Å². The zero-order valence-electron chi connectivity index (χ0n) is 10.6. The summed E-state index contributed by atoms with van der Waals surface area (Å²) in [5.74, 6) is 0.714. The number of benzene rings is 1. The summed E-state index contributed by atoms with van der Waals surface area (Å²) >= 11 is -0.169. The lowest BCUT2D eigenvalue weighted by Gasteiger charge is -2.12. The minimum absolute atomic E-state index is 0.102. The number of hydrogen-bond acceptors (Lipinski definition) is 3. The van der Waals surface area contributed by atoms with E-state index in [0.717, 1.165) is 0 Å². The maximum Gasteiger partial charge on any atom is 0.446 e. The lowest BCUT2D eigenvalue weighted by atomic mass is 10.1. The van der Waals surface area contributed by atoms with Crippen molar-refractivity contribution < 1.29 is 18.3 Å². The summed E-state index contributed by atoms with van der Waals surface area (Å²) in [5.41, 5.74) is -3.73. The average Bonchev–Trinajstić information content (AvgIpc) is 2.74. The Morgan fingerprint density at radius 3 is 2.45 bits per heavy atom. The zero-order valence-corrected chi connectivity index (χ0v) is 11.4. The van der Waals surface area contributed by atoms with Gasteiger partial charge in [0, 0.05) is 30.8 Å². The molecule has 0 spiro atoms. The predicted octanol–water partition coefficient (Wildman–Crippen LogP) is 3.31. The highest BCUT2D eigenvalue weighted by Crippen LogP contribution is 2.37. The number of rotatable bonds is 4. The maximum absolute atomic E-state index is 12.2. The molecule has 0 saturated carbocycles. The van der Waals surface area contributed by atoms with E-state index < -0.39 is 11.6 Å². The van der Waals surface area contributed by atoms with E-state index in [0.29, 0.717) is 17.8 Å². The summed E-state index contributed by atoms with van der Waals surface area (Å²) in [4.78, 5) is 4.20. The number of alkyl halides is 3. The van der Waals surface area contributed by atoms with Gasteiger partial charge >= 0.3 is 5.51 Å². The smallest absolute Gasteiger partial charge is 0.388 e. The second-order valence-electron chi connectivity index (χ2n) is 4.29. The zero-order chi connectivity index (χ0) is 14.8. The molecule has 0 amide bonds. The van der Waals surface area contributed by atoms with E-state index in [1.54, 1.807) is 17.0 Å². The van der Waals surface area contributed by atoms with E-state index in [1.165, 1.54) is 24.3 Å². The van der Waals surface area contributed by atoms with Gasteiger partial charge in [-0.25, -0.2) is 4.98 Å². The lowest BCUT2D eigenvalue weighted by Crippen LogP contribution is -2.06. The molecule has 1 aromatic heterocycles. The number of aromatic nitrogens is 2. The Hall–Kier alpha value is -1.47. The number of halogens is 3. The van der Waals surface area contributed by atoms with E-state index in [2.05, 4.69) is 4.98 Å². The van der Waals surface area contributed by atoms with E-state index >= 15 is 0 Å². The van der Waals surface area contributed by atoms with Crippen molar-refractivity contribution in [3.63, 3.8) is 0 Å². The molecule has 0 aliphatic rings. The van der Waals surface area contributed by atoms with E-state index in [9.17, 15) is 18.3 Å². The molecule has 0 bridgehead atoms. The van der Waals surface area contributed by atoms with Crippen LogP contribution in [0.3, 0.4) is 0 Å². The van der Waals surface area contributed by atoms with Gasteiger partial charge in [-0.1, -0.05) is 12.1 Å². The standard InChI is InChI=1S/C13H13F3N2OS/c1-18-7-6-17-12(18)8-11(19)9-2-4-10(5-3-9)20-13(14,15)16/h2-7,11,19H,8H2,1H3. The van der Waals surface area contributed by atoms with Gasteiger partial charge in [-0.05, 0) is 29.5 Å². The summed E-state index contributed by atoms with van der Waals surface area (Å²) in [6, 6.07) is 5.72. The minimum Gasteiger partial charge on any atom is -0.388 e. The van der Waals surface area contributed by atoms with Gasteiger partial charge in [0.15, 0.2) is 0 Å².